The minimum Gasteiger partial charge on any atom is -0.389 e. The molecule has 0 spiro atoms. The number of rotatable bonds is 10. The number of hydrogen-bond acceptors (Lipinski definition) is 6. The van der Waals surface area contributed by atoms with E-state index in [2.05, 4.69) is 22.4 Å². The van der Waals surface area contributed by atoms with Gasteiger partial charge in [-0.25, -0.2) is 0 Å². The van der Waals surface area contributed by atoms with Crippen LogP contribution in [0.5, 0.6) is 0 Å². The second-order valence-corrected chi connectivity index (χ2v) is 4.89. The van der Waals surface area contributed by atoms with E-state index in [-0.39, 0.29) is 0 Å². The highest BCUT2D eigenvalue weighted by molar-refractivity contribution is 7.80. The van der Waals surface area contributed by atoms with Gasteiger partial charge in [-0.1, -0.05) is 26.1 Å². The first-order valence-electron chi connectivity index (χ1n) is 7.14. The summed E-state index contributed by atoms with van der Waals surface area (Å²) < 4.78 is 10.3. The van der Waals surface area contributed by atoms with Crippen LogP contribution in [-0.4, -0.2) is 48.7 Å². The molecule has 1 heterocycles. The molecule has 1 rings (SSSR count). The van der Waals surface area contributed by atoms with Crippen molar-refractivity contribution in [3.05, 3.63) is 16.8 Å². The van der Waals surface area contributed by atoms with E-state index in [0.29, 0.717) is 37.2 Å². The molecular weight excluding hydrogens is 288 g/mol. The van der Waals surface area contributed by atoms with Gasteiger partial charge in [0.15, 0.2) is 5.82 Å². The molecule has 3 N–H and O–H groups in total. The van der Waals surface area contributed by atoms with E-state index >= 15 is 0 Å². The summed E-state index contributed by atoms with van der Waals surface area (Å²) >= 11 is 5.17. The number of ether oxygens (including phenoxy) is 2. The van der Waals surface area contributed by atoms with Crippen molar-refractivity contribution in [1.82, 2.24) is 10.2 Å². The standard InChI is InChI=1S/C14H24N4O2S/c1-4-10-11(5-2)17-18-14(12(10)13(15)21)16-6-7-20-9-8-19-3/h4-9H2,1-3H3,(H2,15,21)(H,16,18). The van der Waals surface area contributed by atoms with Crippen molar-refractivity contribution in [3.8, 4) is 0 Å². The van der Waals surface area contributed by atoms with Gasteiger partial charge in [0.25, 0.3) is 0 Å². The average molecular weight is 312 g/mol. The summed E-state index contributed by atoms with van der Waals surface area (Å²) in [5.74, 6) is 0.631. The Hall–Kier alpha value is -1.31. The van der Waals surface area contributed by atoms with Crippen LogP contribution in [0.15, 0.2) is 0 Å². The molecule has 118 valence electrons. The van der Waals surface area contributed by atoms with Crippen LogP contribution in [0, 0.1) is 0 Å². The highest BCUT2D eigenvalue weighted by atomic mass is 32.1. The van der Waals surface area contributed by atoms with E-state index in [1.807, 2.05) is 6.92 Å². The van der Waals surface area contributed by atoms with Crippen LogP contribution in [0.25, 0.3) is 0 Å². The normalized spacial score (nSPS) is 10.6. The maximum absolute atomic E-state index is 5.86. The summed E-state index contributed by atoms with van der Waals surface area (Å²) in [5, 5.41) is 11.6. The number of nitrogens with zero attached hydrogens (tertiary/aromatic N) is 2. The highest BCUT2D eigenvalue weighted by Crippen LogP contribution is 2.20. The zero-order valence-electron chi connectivity index (χ0n) is 12.9. The molecule has 6 nitrogen and oxygen atoms in total. The SMILES string of the molecule is CCc1nnc(NCCOCCOC)c(C(N)=S)c1CC. The molecule has 0 aliphatic rings. The summed E-state index contributed by atoms with van der Waals surface area (Å²) in [5.41, 5.74) is 8.68. The minimum absolute atomic E-state index is 0.347. The summed E-state index contributed by atoms with van der Waals surface area (Å²) in [6.07, 6.45) is 1.64. The Morgan fingerprint density at radius 3 is 2.52 bits per heavy atom. The molecule has 0 radical (unpaired) electrons. The third-order valence-electron chi connectivity index (χ3n) is 3.06. The number of methoxy groups -OCH3 is 1. The molecule has 0 bridgehead atoms. The van der Waals surface area contributed by atoms with E-state index in [0.717, 1.165) is 29.7 Å². The van der Waals surface area contributed by atoms with E-state index in [1.54, 1.807) is 7.11 Å². The minimum atomic E-state index is 0.347. The van der Waals surface area contributed by atoms with Crippen LogP contribution in [0.4, 0.5) is 5.82 Å². The molecule has 0 atom stereocenters. The number of aromatic nitrogens is 2. The van der Waals surface area contributed by atoms with Crippen LogP contribution in [-0.2, 0) is 22.3 Å². The third kappa shape index (κ3) is 5.18. The number of thiocarbonyl (C=S) groups is 1. The topological polar surface area (TPSA) is 82.3 Å². The molecule has 1 aromatic heterocycles. The Morgan fingerprint density at radius 2 is 1.95 bits per heavy atom. The first kappa shape index (κ1) is 17.7. The smallest absolute Gasteiger partial charge is 0.159 e. The van der Waals surface area contributed by atoms with Crippen LogP contribution < -0.4 is 11.1 Å². The molecule has 7 heteroatoms. The Bertz CT molecular complexity index is 469. The second kappa shape index (κ2) is 9.59. The lowest BCUT2D eigenvalue weighted by Gasteiger charge is -2.15. The van der Waals surface area contributed by atoms with Gasteiger partial charge in [0, 0.05) is 13.7 Å². The Balaban J connectivity index is 2.75. The van der Waals surface area contributed by atoms with E-state index in [4.69, 9.17) is 27.4 Å². The van der Waals surface area contributed by atoms with Gasteiger partial charge in [-0.3, -0.25) is 0 Å². The molecule has 0 amide bonds. The van der Waals surface area contributed by atoms with Crippen molar-refractivity contribution in [1.29, 1.82) is 0 Å². The molecule has 0 fully saturated rings. The quantitative estimate of drug-likeness (QED) is 0.498. The Kier molecular flexibility index (Phi) is 8.11. The zero-order valence-corrected chi connectivity index (χ0v) is 13.8. The molecule has 0 aliphatic carbocycles. The van der Waals surface area contributed by atoms with Crippen molar-refractivity contribution in [2.45, 2.75) is 26.7 Å². The van der Waals surface area contributed by atoms with Gasteiger partial charge in [0.2, 0.25) is 0 Å². The third-order valence-corrected chi connectivity index (χ3v) is 3.27. The lowest BCUT2D eigenvalue weighted by atomic mass is 10.0. The number of aryl methyl sites for hydroxylation is 1. The van der Waals surface area contributed by atoms with E-state index in [1.165, 1.54) is 0 Å². The monoisotopic (exact) mass is 312 g/mol. The van der Waals surface area contributed by atoms with Gasteiger partial charge in [-0.15, -0.1) is 5.10 Å². The van der Waals surface area contributed by atoms with Crippen molar-refractivity contribution in [3.63, 3.8) is 0 Å². The molecule has 0 unspecified atom stereocenters. The molecule has 0 saturated heterocycles. The fourth-order valence-electron chi connectivity index (χ4n) is 2.05. The van der Waals surface area contributed by atoms with Crippen LogP contribution in [0.3, 0.4) is 0 Å². The summed E-state index contributed by atoms with van der Waals surface area (Å²) in [6.45, 7) is 6.43. The first-order chi connectivity index (χ1) is 10.2. The lowest BCUT2D eigenvalue weighted by molar-refractivity contribution is 0.0759. The molecule has 0 saturated carbocycles. The van der Waals surface area contributed by atoms with E-state index in [9.17, 15) is 0 Å². The van der Waals surface area contributed by atoms with Gasteiger partial charge in [-0.2, -0.15) is 5.10 Å². The van der Waals surface area contributed by atoms with Gasteiger partial charge >= 0.3 is 0 Å². The number of hydrogen-bond donors (Lipinski definition) is 2. The molecular formula is C14H24N4O2S. The van der Waals surface area contributed by atoms with Crippen molar-refractivity contribution in [2.24, 2.45) is 5.73 Å². The van der Waals surface area contributed by atoms with E-state index < -0.39 is 0 Å². The summed E-state index contributed by atoms with van der Waals surface area (Å²) in [7, 11) is 1.65. The maximum Gasteiger partial charge on any atom is 0.159 e. The maximum atomic E-state index is 5.86. The fraction of sp³-hybridized carbons (Fsp3) is 0.643. The molecule has 1 aromatic rings. The molecule has 0 aliphatic heterocycles. The zero-order chi connectivity index (χ0) is 15.7. The van der Waals surface area contributed by atoms with Crippen LogP contribution >= 0.6 is 12.2 Å². The average Bonchev–Trinajstić information content (AvgIpc) is 2.49. The van der Waals surface area contributed by atoms with Gasteiger partial charge < -0.3 is 20.5 Å². The lowest BCUT2D eigenvalue weighted by Crippen LogP contribution is -2.21. The van der Waals surface area contributed by atoms with Crippen LogP contribution in [0.1, 0.15) is 30.7 Å². The van der Waals surface area contributed by atoms with Gasteiger partial charge in [0.1, 0.15) is 4.99 Å². The predicted octanol–water partition coefficient (Wildman–Crippen LogP) is 1.31. The fourth-order valence-corrected chi connectivity index (χ4v) is 2.27. The molecule has 0 aromatic carbocycles. The molecule has 21 heavy (non-hydrogen) atoms. The van der Waals surface area contributed by atoms with Crippen molar-refractivity contribution < 1.29 is 9.47 Å². The predicted molar refractivity (Wildman–Crippen MR) is 87.9 cm³/mol. The Labute approximate surface area is 131 Å². The van der Waals surface area contributed by atoms with Crippen LogP contribution in [0.2, 0.25) is 0 Å². The largest absolute Gasteiger partial charge is 0.389 e. The summed E-state index contributed by atoms with van der Waals surface area (Å²) in [4.78, 5) is 0.347. The Morgan fingerprint density at radius 1 is 1.19 bits per heavy atom. The first-order valence-corrected chi connectivity index (χ1v) is 7.55. The van der Waals surface area contributed by atoms with Gasteiger partial charge in [-0.05, 0) is 18.4 Å². The summed E-state index contributed by atoms with van der Waals surface area (Å²) in [6, 6.07) is 0. The second-order valence-electron chi connectivity index (χ2n) is 4.45. The number of nitrogens with two attached hydrogens (primary N) is 1. The van der Waals surface area contributed by atoms with Crippen molar-refractivity contribution in [2.75, 3.05) is 38.8 Å². The number of anilines is 1. The number of nitrogens with one attached hydrogen (secondary N) is 1. The van der Waals surface area contributed by atoms with Crippen molar-refractivity contribution >= 4 is 23.0 Å². The van der Waals surface area contributed by atoms with Gasteiger partial charge in [0.05, 0.1) is 31.1 Å². The highest BCUT2D eigenvalue weighted by Gasteiger charge is 2.16.